The molecule has 0 bridgehead atoms. The van der Waals surface area contributed by atoms with Gasteiger partial charge in [-0.1, -0.05) is 11.6 Å². The lowest BCUT2D eigenvalue weighted by molar-refractivity contribution is -0.203. The molecule has 2 aromatic heterocycles. The van der Waals surface area contributed by atoms with Crippen LogP contribution in [0.15, 0.2) is 12.7 Å². The van der Waals surface area contributed by atoms with Gasteiger partial charge in [0, 0.05) is 34.6 Å². The molecule has 2 rings (SSSR count). The number of carbonyl (C=O) groups excluding carboxylic acids is 5. The van der Waals surface area contributed by atoms with Crippen molar-refractivity contribution in [3.63, 3.8) is 0 Å². The maximum absolute atomic E-state index is 12.3. The molecule has 0 radical (unpaired) electrons. The zero-order chi connectivity index (χ0) is 28.6. The van der Waals surface area contributed by atoms with Gasteiger partial charge in [0.2, 0.25) is 0 Å². The molecule has 2 heterocycles. The number of fused-ring (bicyclic) bond motifs is 1. The Morgan fingerprint density at radius 1 is 0.816 bits per heavy atom. The van der Waals surface area contributed by atoms with Gasteiger partial charge in [0.1, 0.15) is 23.8 Å². The van der Waals surface area contributed by atoms with E-state index in [0.29, 0.717) is 0 Å². The van der Waals surface area contributed by atoms with Crippen LogP contribution < -0.4 is 0 Å². The van der Waals surface area contributed by atoms with E-state index in [1.54, 1.807) is 6.26 Å². The Balaban J connectivity index is 2.72. The Kier molecular flexibility index (Phi) is 11.3. The van der Waals surface area contributed by atoms with Crippen molar-refractivity contribution < 1.29 is 47.7 Å². The van der Waals surface area contributed by atoms with Crippen molar-refractivity contribution in [2.75, 3.05) is 12.9 Å². The van der Waals surface area contributed by atoms with E-state index in [0.717, 1.165) is 46.4 Å². The van der Waals surface area contributed by atoms with E-state index in [4.69, 9.17) is 35.3 Å². The summed E-state index contributed by atoms with van der Waals surface area (Å²) in [6, 6.07) is 0. The molecule has 14 nitrogen and oxygen atoms in total. The summed E-state index contributed by atoms with van der Waals surface area (Å²) in [5.74, 6) is -3.97. The first-order chi connectivity index (χ1) is 17.8. The number of carbonyl (C=O) groups is 5. The molecule has 0 fully saturated rings. The number of hydrogen-bond donors (Lipinski definition) is 0. The third kappa shape index (κ3) is 8.28. The Morgan fingerprint density at radius 2 is 1.37 bits per heavy atom. The topological polar surface area (TPSA) is 175 Å². The molecule has 0 saturated carbocycles. The number of aromatic nitrogens is 4. The molecule has 2 aromatic rings. The predicted molar refractivity (Wildman–Crippen MR) is 132 cm³/mol. The predicted octanol–water partition coefficient (Wildman–Crippen LogP) is 1.63. The number of nitrogens with zero attached hydrogens (tertiary/aromatic N) is 4. The Bertz CT molecular complexity index is 1190. The van der Waals surface area contributed by atoms with E-state index in [1.165, 1.54) is 17.2 Å². The molecule has 0 saturated heterocycles. The van der Waals surface area contributed by atoms with Gasteiger partial charge in [0.25, 0.3) is 0 Å². The monoisotopic (exact) mass is 574 g/mol. The summed E-state index contributed by atoms with van der Waals surface area (Å²) in [5, 5.41) is -0.827. The Labute approximate surface area is 226 Å². The van der Waals surface area contributed by atoms with Crippen LogP contribution in [0.3, 0.4) is 0 Å². The van der Waals surface area contributed by atoms with Gasteiger partial charge in [-0.2, -0.15) is 0 Å². The van der Waals surface area contributed by atoms with E-state index in [-0.39, 0.29) is 16.3 Å². The van der Waals surface area contributed by atoms with Crippen LogP contribution in [0.2, 0.25) is 5.15 Å². The minimum atomic E-state index is -1.58. The summed E-state index contributed by atoms with van der Waals surface area (Å²) in [6.45, 7) is 4.94. The highest BCUT2D eigenvalue weighted by Crippen LogP contribution is 2.35. The van der Waals surface area contributed by atoms with E-state index in [9.17, 15) is 24.0 Å². The largest absolute Gasteiger partial charge is 0.462 e. The summed E-state index contributed by atoms with van der Waals surface area (Å²) in [4.78, 5) is 72.3. The highest BCUT2D eigenvalue weighted by Gasteiger charge is 2.47. The van der Waals surface area contributed by atoms with Crippen LogP contribution in [0.4, 0.5) is 0 Å². The normalized spacial score (nSPS) is 14.9. The lowest BCUT2D eigenvalue weighted by Crippen LogP contribution is -2.54. The maximum Gasteiger partial charge on any atom is 0.303 e. The van der Waals surface area contributed by atoms with Crippen molar-refractivity contribution in [3.05, 3.63) is 17.8 Å². The first-order valence-corrected chi connectivity index (χ1v) is 12.7. The molecule has 0 N–H and O–H groups in total. The van der Waals surface area contributed by atoms with Crippen LogP contribution in [0.5, 0.6) is 0 Å². The molecule has 38 heavy (non-hydrogen) atoms. The third-order valence-electron chi connectivity index (χ3n) is 4.80. The zero-order valence-electron chi connectivity index (χ0n) is 21.4. The molecule has 16 heteroatoms. The molecular formula is C22H27ClN4O10S. The quantitative estimate of drug-likeness (QED) is 0.203. The molecule has 0 unspecified atom stereocenters. The van der Waals surface area contributed by atoms with Crippen molar-refractivity contribution in [2.24, 2.45) is 0 Å². The van der Waals surface area contributed by atoms with Crippen LogP contribution in [0, 0.1) is 0 Å². The van der Waals surface area contributed by atoms with E-state index < -0.39 is 66.2 Å². The second-order valence-electron chi connectivity index (χ2n) is 7.79. The second-order valence-corrected chi connectivity index (χ2v) is 9.10. The lowest BCUT2D eigenvalue weighted by Gasteiger charge is -2.38. The van der Waals surface area contributed by atoms with Gasteiger partial charge in [-0.15, -0.1) is 11.8 Å². The van der Waals surface area contributed by atoms with Crippen LogP contribution in [-0.2, 0) is 47.7 Å². The highest BCUT2D eigenvalue weighted by molar-refractivity contribution is 7.98. The van der Waals surface area contributed by atoms with Crippen molar-refractivity contribution in [1.82, 2.24) is 19.5 Å². The Hall–Kier alpha value is -3.46. The summed E-state index contributed by atoms with van der Waals surface area (Å²) < 4.78 is 28.4. The fourth-order valence-corrected chi connectivity index (χ4v) is 4.60. The number of halogens is 1. The number of imidazole rings is 1. The SMILES string of the molecule is CS[C@@H]([C@H](OC(C)=O)[C@@H](OC(C)=O)[C@H](OC(C)=O)[C@@H](COC(C)=O)OC(C)=O)n1cnc2c(Cl)ncnc21. The minimum Gasteiger partial charge on any atom is -0.462 e. The summed E-state index contributed by atoms with van der Waals surface area (Å²) in [5.41, 5.74) is 0.520. The van der Waals surface area contributed by atoms with Gasteiger partial charge in [-0.05, 0) is 6.26 Å². The van der Waals surface area contributed by atoms with Crippen LogP contribution in [0.25, 0.3) is 11.2 Å². The van der Waals surface area contributed by atoms with E-state index in [2.05, 4.69) is 15.0 Å². The van der Waals surface area contributed by atoms with Crippen LogP contribution in [0.1, 0.15) is 40.0 Å². The Morgan fingerprint density at radius 3 is 1.89 bits per heavy atom. The van der Waals surface area contributed by atoms with Crippen molar-refractivity contribution >= 4 is 64.4 Å². The summed E-state index contributed by atoms with van der Waals surface area (Å²) in [6.07, 6.45) is -1.71. The molecular weight excluding hydrogens is 548 g/mol. The van der Waals surface area contributed by atoms with Gasteiger partial charge in [0.15, 0.2) is 35.2 Å². The van der Waals surface area contributed by atoms with Gasteiger partial charge in [0.05, 0.1) is 6.33 Å². The highest BCUT2D eigenvalue weighted by atomic mass is 35.5. The van der Waals surface area contributed by atoms with Gasteiger partial charge in [-0.25, -0.2) is 15.0 Å². The summed E-state index contributed by atoms with van der Waals surface area (Å²) >= 11 is 7.29. The van der Waals surface area contributed by atoms with Gasteiger partial charge in [-0.3, -0.25) is 28.5 Å². The van der Waals surface area contributed by atoms with Gasteiger partial charge >= 0.3 is 29.8 Å². The van der Waals surface area contributed by atoms with Crippen molar-refractivity contribution in [1.29, 1.82) is 0 Å². The number of rotatable bonds is 12. The molecule has 208 valence electrons. The van der Waals surface area contributed by atoms with Crippen LogP contribution in [-0.4, -0.2) is 86.6 Å². The molecule has 0 spiro atoms. The molecule has 5 atom stereocenters. The first-order valence-electron chi connectivity index (χ1n) is 11.0. The maximum atomic E-state index is 12.3. The smallest absolute Gasteiger partial charge is 0.303 e. The van der Waals surface area contributed by atoms with Crippen molar-refractivity contribution in [2.45, 2.75) is 64.4 Å². The van der Waals surface area contributed by atoms with Crippen molar-refractivity contribution in [3.8, 4) is 0 Å². The summed E-state index contributed by atoms with van der Waals surface area (Å²) in [7, 11) is 0. The van der Waals surface area contributed by atoms with Crippen LogP contribution >= 0.6 is 23.4 Å². The molecule has 0 aromatic carbocycles. The number of thioether (sulfide) groups is 1. The number of ether oxygens (including phenoxy) is 5. The fraction of sp³-hybridized carbons (Fsp3) is 0.545. The molecule has 0 aliphatic rings. The fourth-order valence-electron chi connectivity index (χ4n) is 3.56. The standard InChI is InChI=1S/C22H27ClN4O10S/c1-10(28)33-7-15(34-11(2)29)17(35-12(3)30)18(36-13(4)31)19(37-14(5)32)22(38-6)27-9-26-16-20(23)24-8-25-21(16)27/h8-9,15,17-19,22H,7H2,1-6H3/t15-,17-,18+,19-,22+/m1/s1. The van der Waals surface area contributed by atoms with Gasteiger partial charge < -0.3 is 23.7 Å². The van der Waals surface area contributed by atoms with E-state index >= 15 is 0 Å². The average Bonchev–Trinajstić information content (AvgIpc) is 3.23. The zero-order valence-corrected chi connectivity index (χ0v) is 23.0. The van der Waals surface area contributed by atoms with E-state index in [1.807, 2.05) is 0 Å². The molecule has 0 aliphatic heterocycles. The first kappa shape index (κ1) is 30.8. The lowest BCUT2D eigenvalue weighted by atomic mass is 10.0. The third-order valence-corrected chi connectivity index (χ3v) is 6.05. The molecule has 0 aliphatic carbocycles. The molecule has 0 amide bonds. The average molecular weight is 575 g/mol. The minimum absolute atomic E-state index is 0.0725. The second kappa shape index (κ2) is 13.9. The number of esters is 5. The number of hydrogen-bond acceptors (Lipinski definition) is 14.